The van der Waals surface area contributed by atoms with Crippen molar-refractivity contribution in [3.05, 3.63) is 42.2 Å². The maximum absolute atomic E-state index is 5.65. The molecule has 2 aromatic heterocycles. The number of anilines is 1. The summed E-state index contributed by atoms with van der Waals surface area (Å²) in [5.41, 5.74) is 6.56. The van der Waals surface area contributed by atoms with Crippen LogP contribution in [0.25, 0.3) is 10.9 Å². The first-order chi connectivity index (χ1) is 11.2. The second-order valence-corrected chi connectivity index (χ2v) is 5.34. The van der Waals surface area contributed by atoms with E-state index in [1.54, 1.807) is 6.33 Å². The minimum Gasteiger partial charge on any atom is -0.360 e. The van der Waals surface area contributed by atoms with E-state index in [0.717, 1.165) is 34.9 Å². The predicted octanol–water partition coefficient (Wildman–Crippen LogP) is 1.92. The van der Waals surface area contributed by atoms with Gasteiger partial charge in [-0.25, -0.2) is 19.6 Å². The zero-order chi connectivity index (χ0) is 16.2. The van der Waals surface area contributed by atoms with Crippen molar-refractivity contribution < 1.29 is 0 Å². The third-order valence-corrected chi connectivity index (χ3v) is 3.70. The Labute approximate surface area is 135 Å². The lowest BCUT2D eigenvalue weighted by atomic mass is 10.2. The molecular weight excluding hydrogens is 290 g/mol. The van der Waals surface area contributed by atoms with Gasteiger partial charge in [-0.3, -0.25) is 0 Å². The topological polar surface area (TPSA) is 94.5 Å². The Morgan fingerprint density at radius 2 is 2.09 bits per heavy atom. The summed E-state index contributed by atoms with van der Waals surface area (Å²) in [6, 6.07) is 7.95. The zero-order valence-electron chi connectivity index (χ0n) is 13.4. The summed E-state index contributed by atoms with van der Waals surface area (Å²) in [4.78, 5) is 13.5. The zero-order valence-corrected chi connectivity index (χ0v) is 13.4. The van der Waals surface area contributed by atoms with Crippen LogP contribution in [0.2, 0.25) is 0 Å². The molecule has 3 aromatic rings. The molecule has 0 fully saturated rings. The van der Waals surface area contributed by atoms with E-state index in [-0.39, 0.29) is 6.04 Å². The van der Waals surface area contributed by atoms with Crippen molar-refractivity contribution in [1.29, 1.82) is 0 Å². The van der Waals surface area contributed by atoms with Gasteiger partial charge in [-0.15, -0.1) is 0 Å². The molecule has 3 N–H and O–H groups in total. The van der Waals surface area contributed by atoms with Crippen molar-refractivity contribution >= 4 is 16.7 Å². The Balaban J connectivity index is 1.98. The number of nitrogens with one attached hydrogen (secondary N) is 1. The minimum absolute atomic E-state index is 0.0125. The molecule has 1 atom stereocenters. The summed E-state index contributed by atoms with van der Waals surface area (Å²) in [5, 5.41) is 8.66. The lowest BCUT2D eigenvalue weighted by Crippen LogP contribution is -2.16. The number of nitrogens with zero attached hydrogens (tertiary/aromatic N) is 5. The highest BCUT2D eigenvalue weighted by Gasteiger charge is 2.15. The maximum Gasteiger partial charge on any atom is 0.149 e. The van der Waals surface area contributed by atoms with Gasteiger partial charge < -0.3 is 11.1 Å². The van der Waals surface area contributed by atoms with Crippen molar-refractivity contribution in [2.45, 2.75) is 32.9 Å². The highest BCUT2D eigenvalue weighted by atomic mass is 15.3. The number of aromatic nitrogens is 5. The normalized spacial score (nSPS) is 12.5. The number of rotatable bonds is 6. The molecule has 0 radical (unpaired) electrons. The van der Waals surface area contributed by atoms with Gasteiger partial charge in [-0.2, -0.15) is 5.10 Å². The van der Waals surface area contributed by atoms with Gasteiger partial charge >= 0.3 is 0 Å². The van der Waals surface area contributed by atoms with E-state index in [9.17, 15) is 0 Å². The van der Waals surface area contributed by atoms with Crippen LogP contribution in [0, 0.1) is 0 Å². The second-order valence-electron chi connectivity index (χ2n) is 5.34. The molecule has 7 heteroatoms. The van der Waals surface area contributed by atoms with Crippen LogP contribution in [0.1, 0.15) is 31.5 Å². The quantitative estimate of drug-likeness (QED) is 0.722. The van der Waals surface area contributed by atoms with Gasteiger partial charge in [0.05, 0.1) is 11.6 Å². The Bertz CT molecular complexity index is 796. The third kappa shape index (κ3) is 3.14. The molecule has 0 aliphatic rings. The molecule has 23 heavy (non-hydrogen) atoms. The van der Waals surface area contributed by atoms with Crippen molar-refractivity contribution in [2.24, 2.45) is 5.73 Å². The lowest BCUT2D eigenvalue weighted by Gasteiger charge is -2.16. The molecule has 0 aliphatic carbocycles. The molecular formula is C16H21N7. The van der Waals surface area contributed by atoms with Crippen molar-refractivity contribution in [1.82, 2.24) is 24.7 Å². The number of aryl methyl sites for hydroxylation is 1. The smallest absolute Gasteiger partial charge is 0.149 e. The third-order valence-electron chi connectivity index (χ3n) is 3.70. The Morgan fingerprint density at radius 3 is 2.87 bits per heavy atom. The monoisotopic (exact) mass is 311 g/mol. The first-order valence-corrected chi connectivity index (χ1v) is 7.83. The molecule has 2 heterocycles. The van der Waals surface area contributed by atoms with Crippen LogP contribution in [0.3, 0.4) is 0 Å². The molecule has 0 bridgehead atoms. The van der Waals surface area contributed by atoms with E-state index in [2.05, 4.69) is 32.3 Å². The Morgan fingerprint density at radius 1 is 1.26 bits per heavy atom. The first kappa shape index (κ1) is 15.4. The van der Waals surface area contributed by atoms with Gasteiger partial charge in [0.2, 0.25) is 0 Å². The highest BCUT2D eigenvalue weighted by Crippen LogP contribution is 2.24. The molecule has 3 rings (SSSR count). The fourth-order valence-electron chi connectivity index (χ4n) is 2.60. The van der Waals surface area contributed by atoms with Gasteiger partial charge in [-0.05, 0) is 32.5 Å². The maximum atomic E-state index is 5.65. The summed E-state index contributed by atoms with van der Waals surface area (Å²) in [6.45, 7) is 5.40. The number of hydrogen-bond acceptors (Lipinski definition) is 6. The van der Waals surface area contributed by atoms with E-state index in [0.29, 0.717) is 13.0 Å². The van der Waals surface area contributed by atoms with Gasteiger partial charge in [0, 0.05) is 18.4 Å². The van der Waals surface area contributed by atoms with Crippen molar-refractivity contribution in [2.75, 3.05) is 11.9 Å². The van der Waals surface area contributed by atoms with Crippen LogP contribution in [0.5, 0.6) is 0 Å². The van der Waals surface area contributed by atoms with E-state index in [1.807, 2.05) is 35.9 Å². The van der Waals surface area contributed by atoms with Crippen LogP contribution in [-0.4, -0.2) is 31.3 Å². The molecule has 1 aromatic carbocycles. The molecule has 0 amide bonds. The van der Waals surface area contributed by atoms with Crippen LogP contribution >= 0.6 is 0 Å². The Kier molecular flexibility index (Phi) is 4.47. The van der Waals surface area contributed by atoms with Crippen LogP contribution in [-0.2, 0) is 13.0 Å². The average molecular weight is 311 g/mol. The van der Waals surface area contributed by atoms with Gasteiger partial charge in [0.1, 0.15) is 23.8 Å². The molecule has 120 valence electrons. The molecule has 7 nitrogen and oxygen atoms in total. The van der Waals surface area contributed by atoms with Crippen LogP contribution in [0.4, 0.5) is 5.82 Å². The van der Waals surface area contributed by atoms with Crippen molar-refractivity contribution in [3.8, 4) is 0 Å². The predicted molar refractivity (Wildman–Crippen MR) is 90.0 cm³/mol. The van der Waals surface area contributed by atoms with Gasteiger partial charge in [0.15, 0.2) is 0 Å². The number of hydrogen-bond donors (Lipinski definition) is 2. The highest BCUT2D eigenvalue weighted by molar-refractivity contribution is 5.89. The summed E-state index contributed by atoms with van der Waals surface area (Å²) >= 11 is 0. The summed E-state index contributed by atoms with van der Waals surface area (Å²) in [7, 11) is 0. The SMILES string of the molecule is CCn1ncnc1[C@H](C)Nc1nc(CCN)nc2ccccc12. The number of fused-ring (bicyclic) bond motifs is 1. The van der Waals surface area contributed by atoms with E-state index in [4.69, 9.17) is 5.73 Å². The average Bonchev–Trinajstić information content (AvgIpc) is 3.04. The largest absolute Gasteiger partial charge is 0.360 e. The second kappa shape index (κ2) is 6.70. The summed E-state index contributed by atoms with van der Waals surface area (Å²) < 4.78 is 1.88. The minimum atomic E-state index is -0.0125. The number of para-hydroxylation sites is 1. The number of nitrogens with two attached hydrogens (primary N) is 1. The van der Waals surface area contributed by atoms with Gasteiger partial charge in [0.25, 0.3) is 0 Å². The van der Waals surface area contributed by atoms with E-state index in [1.165, 1.54) is 0 Å². The summed E-state index contributed by atoms with van der Waals surface area (Å²) in [5.74, 6) is 2.44. The molecule has 0 aliphatic heterocycles. The standard InChI is InChI=1S/C16H21N7/c1-3-23-16(18-10-19-23)11(2)20-15-12-6-4-5-7-13(12)21-14(22-15)8-9-17/h4-7,10-11H,3,8-9,17H2,1-2H3,(H,20,21,22)/t11-/m0/s1. The van der Waals surface area contributed by atoms with Crippen molar-refractivity contribution in [3.63, 3.8) is 0 Å². The Hall–Kier alpha value is -2.54. The fourth-order valence-corrected chi connectivity index (χ4v) is 2.60. The molecule has 0 saturated heterocycles. The van der Waals surface area contributed by atoms with Gasteiger partial charge in [-0.1, -0.05) is 12.1 Å². The van der Waals surface area contributed by atoms with Crippen LogP contribution in [0.15, 0.2) is 30.6 Å². The summed E-state index contributed by atoms with van der Waals surface area (Å²) in [6.07, 6.45) is 2.23. The first-order valence-electron chi connectivity index (χ1n) is 7.83. The van der Waals surface area contributed by atoms with E-state index >= 15 is 0 Å². The fraction of sp³-hybridized carbons (Fsp3) is 0.375. The van der Waals surface area contributed by atoms with E-state index < -0.39 is 0 Å². The molecule has 0 spiro atoms. The lowest BCUT2D eigenvalue weighted by molar-refractivity contribution is 0.592. The molecule has 0 saturated carbocycles. The molecule has 0 unspecified atom stereocenters. The number of benzene rings is 1. The van der Waals surface area contributed by atoms with Crippen LogP contribution < -0.4 is 11.1 Å².